The number of rotatable bonds is 22. The number of hydrogen-bond donors (Lipinski definition) is 5. The van der Waals surface area contributed by atoms with Crippen LogP contribution in [-0.4, -0.2) is 56.6 Å². The number of benzene rings is 10. The number of nitrogens with zero attached hydrogens (tertiary/aromatic N) is 5. The number of phenolic OH excluding ortho intramolecular Hbond substituents is 5. The van der Waals surface area contributed by atoms with Gasteiger partial charge in [0.15, 0.2) is 0 Å². The number of aryl methyl sites for hydroxylation is 4. The van der Waals surface area contributed by atoms with Gasteiger partial charge in [0.05, 0.1) is 28.4 Å². The van der Waals surface area contributed by atoms with Gasteiger partial charge in [-0.15, -0.1) is 0 Å². The van der Waals surface area contributed by atoms with Gasteiger partial charge in [-0.1, -0.05) is 258 Å². The van der Waals surface area contributed by atoms with Crippen LogP contribution < -0.4 is 0 Å². The molecule has 5 aliphatic carbocycles. The van der Waals surface area contributed by atoms with Gasteiger partial charge in [-0.3, -0.25) is 25.0 Å². The van der Waals surface area contributed by atoms with Gasteiger partial charge in [-0.05, 0) is 286 Å². The van der Waals surface area contributed by atoms with E-state index in [1.165, 1.54) is 188 Å². The van der Waals surface area contributed by atoms with Crippen LogP contribution in [0.1, 0.15) is 321 Å². The van der Waals surface area contributed by atoms with E-state index in [1.807, 2.05) is 184 Å². The zero-order chi connectivity index (χ0) is 96.2. The molecule has 133 heavy (non-hydrogen) atoms. The van der Waals surface area contributed by atoms with Crippen LogP contribution in [0.4, 0.5) is 28.4 Å². The summed E-state index contributed by atoms with van der Waals surface area (Å²) in [4.78, 5) is 22.6. The summed E-state index contributed by atoms with van der Waals surface area (Å²) in [5, 5.41) is 52.7. The second-order valence-corrected chi connectivity index (χ2v) is 47.3. The molecular weight excluding hydrogens is 2040 g/mol. The second-order valence-electron chi connectivity index (χ2n) is 34.4. The molecule has 0 saturated heterocycles. The fraction of sp³-hybridized carbons (Fsp3) is 0.398. The van der Waals surface area contributed by atoms with Gasteiger partial charge in [0.2, 0.25) is 0 Å². The third-order valence-electron chi connectivity index (χ3n) is 24.3. The van der Waals surface area contributed by atoms with E-state index in [0.717, 1.165) is 123 Å². The van der Waals surface area contributed by atoms with Crippen LogP contribution in [0.5, 0.6) is 28.7 Å². The molecular formula is C108H131Cl10N5O5Ti5. The molecule has 0 atom stereocenters. The van der Waals surface area contributed by atoms with Gasteiger partial charge in [-0.2, -0.15) is 0 Å². The Balaban J connectivity index is 0.000000246. The van der Waals surface area contributed by atoms with Crippen LogP contribution in [0, 0.1) is 19.8 Å². The van der Waals surface area contributed by atoms with Gasteiger partial charge in [-0.25, -0.2) is 0 Å². The monoisotopic (exact) mass is 2170 g/mol. The molecule has 0 unspecified atom stereocenters. The van der Waals surface area contributed by atoms with Crippen LogP contribution in [0.3, 0.4) is 0 Å². The summed E-state index contributed by atoms with van der Waals surface area (Å²) >= 11 is -2.78. The molecule has 25 heteroatoms. The van der Waals surface area contributed by atoms with Crippen LogP contribution in [-0.2, 0) is 104 Å². The predicted molar refractivity (Wildman–Crippen MR) is 557 cm³/mol. The molecule has 0 aromatic heterocycles. The van der Waals surface area contributed by atoms with E-state index in [0.29, 0.717) is 64.3 Å². The Morgan fingerprint density at radius 1 is 0.278 bits per heavy atom. The average Bonchev–Trinajstić information content (AvgIpc) is 0.811. The fourth-order valence-electron chi connectivity index (χ4n) is 17.7. The molecule has 10 aromatic carbocycles. The zero-order valence-corrected chi connectivity index (χ0v) is 93.1. The Bertz CT molecular complexity index is 4880. The number of hydrogen-bond acceptors (Lipinski definition) is 10. The normalized spacial score (nSPS) is 14.7. The van der Waals surface area contributed by atoms with Crippen LogP contribution in [0.15, 0.2) is 237 Å². The van der Waals surface area contributed by atoms with Crippen molar-refractivity contribution in [2.75, 3.05) is 0 Å². The quantitative estimate of drug-likeness (QED) is 0.0336. The minimum atomic E-state index is -0.556. The molecule has 0 radical (unpaired) electrons. The van der Waals surface area contributed by atoms with E-state index in [9.17, 15) is 25.5 Å². The molecule has 0 aliphatic heterocycles. The second kappa shape index (κ2) is 71.5. The molecule has 5 aliphatic rings. The van der Waals surface area contributed by atoms with Crippen molar-refractivity contribution in [3.63, 3.8) is 0 Å². The molecule has 5 fully saturated rings. The van der Waals surface area contributed by atoms with Gasteiger partial charge in [0, 0.05) is 58.9 Å². The first-order chi connectivity index (χ1) is 64.7. The maximum atomic E-state index is 10.7. The first-order valence-electron chi connectivity index (χ1n) is 46.8. The Morgan fingerprint density at radius 3 is 0.699 bits per heavy atom. The molecule has 708 valence electrons. The van der Waals surface area contributed by atoms with Crippen molar-refractivity contribution in [1.29, 1.82) is 0 Å². The molecule has 0 heterocycles. The topological polar surface area (TPSA) is 163 Å². The Kier molecular flexibility index (Phi) is 63.2. The van der Waals surface area contributed by atoms with Crippen molar-refractivity contribution < 1.29 is 111 Å². The fourth-order valence-corrected chi connectivity index (χ4v) is 17.7. The number of aromatic hydroxyl groups is 5. The third kappa shape index (κ3) is 45.2. The van der Waals surface area contributed by atoms with E-state index in [1.54, 1.807) is 12.4 Å². The molecule has 15 rings (SSSR count). The van der Waals surface area contributed by atoms with Crippen molar-refractivity contribution in [3.8, 4) is 28.7 Å². The Hall–Kier alpha value is -3.98. The molecule has 0 amide bonds. The van der Waals surface area contributed by atoms with Crippen molar-refractivity contribution in [3.05, 3.63) is 296 Å². The Labute approximate surface area is 878 Å². The zero-order valence-electron chi connectivity index (χ0n) is 77.7. The van der Waals surface area contributed by atoms with Crippen molar-refractivity contribution >= 4 is 153 Å². The van der Waals surface area contributed by atoms with Crippen molar-refractivity contribution in [1.82, 2.24) is 0 Å². The summed E-state index contributed by atoms with van der Waals surface area (Å²) in [5.74, 6) is 5.59. The number of unbranched alkanes of at least 4 members (excludes halogenated alkanes) is 1. The number of halogens is 10. The van der Waals surface area contributed by atoms with Crippen LogP contribution in [0.2, 0.25) is 0 Å². The van der Waals surface area contributed by atoms with Crippen LogP contribution in [0.25, 0.3) is 0 Å². The first kappa shape index (κ1) is 118. The summed E-state index contributed by atoms with van der Waals surface area (Å²) in [6.45, 7) is 12.7. The minimum absolute atomic E-state index is 0.347. The van der Waals surface area contributed by atoms with E-state index >= 15 is 0 Å². The number of para-hydroxylation sites is 5. The SMILES string of the molecule is CC(C)Cc1cc(C2CCCCC2)cc(C=Nc2ccccc2)c1O.CCCCc1cc(C2CCCCC2)cc(C=Nc2ccccc2)c1O.CCCc1cc(C2CCCCC2)cc(C=Nc2ccccc2)c1O.Cc1cc(C2CCCCC2)cc(C=Nc2ccccc2)c1O.Cc1cc(C2CCCCC2)cc(C=Nc2ccccc2)c1O.[Cl][Ti][Cl].[Cl][Ti][Cl].[Cl][Ti][Cl].[Cl][Ti][Cl].[Cl][Ti][Cl]. The number of phenols is 5. The molecule has 0 bridgehead atoms. The van der Waals surface area contributed by atoms with Gasteiger partial charge in [0.1, 0.15) is 28.7 Å². The summed E-state index contributed by atoms with van der Waals surface area (Å²) in [5.41, 5.74) is 20.7. The molecule has 5 N–H and O–H groups in total. The predicted octanol–water partition coefficient (Wildman–Crippen LogP) is 36.9. The molecule has 10 aromatic rings. The summed E-state index contributed by atoms with van der Waals surface area (Å²) in [6.07, 6.45) is 47.7. The third-order valence-corrected chi connectivity index (χ3v) is 24.3. The summed E-state index contributed by atoms with van der Waals surface area (Å²) in [7, 11) is 48.9. The van der Waals surface area contributed by atoms with Gasteiger partial charge >= 0.3 is 178 Å². The summed E-state index contributed by atoms with van der Waals surface area (Å²) in [6, 6.07) is 71.1. The van der Waals surface area contributed by atoms with Gasteiger partial charge < -0.3 is 25.5 Å². The van der Waals surface area contributed by atoms with E-state index in [2.05, 4.69) is 113 Å². The molecule has 10 nitrogen and oxygen atoms in total. The van der Waals surface area contributed by atoms with Crippen LogP contribution >= 0.6 is 93.0 Å². The number of aliphatic imine (C=N–C) groups is 5. The van der Waals surface area contributed by atoms with E-state index < -0.39 is 85.2 Å². The van der Waals surface area contributed by atoms with Gasteiger partial charge in [0.25, 0.3) is 0 Å². The molecule has 5 saturated carbocycles. The van der Waals surface area contributed by atoms with E-state index in [-0.39, 0.29) is 0 Å². The average molecular weight is 2170 g/mol. The van der Waals surface area contributed by atoms with E-state index in [4.69, 9.17) is 93.0 Å². The summed E-state index contributed by atoms with van der Waals surface area (Å²) < 4.78 is 0. The first-order valence-corrected chi connectivity index (χ1v) is 68.2. The standard InChI is InChI=1S/2C23H29NO.C22H27NO.2C20H23NO.10ClH.5Ti/c1-17(2)13-20-14-19(18-9-5-3-6-10-18)15-21(23(20)25)16-24-22-11-7-4-8-12-22;1-2-3-10-19-15-20(18-11-6-4-7-12-18)16-21(23(19)25)17-24-22-13-8-5-9-14-22;1-2-9-18-14-19(17-10-5-3-6-11-17)15-20(22(18)24)16-23-21-12-7-4-8-13-21;2*1-15-12-17(16-8-4-2-5-9-16)13-18(20(15)22)14-21-19-10-6-3-7-11-19;;;;;;;;;;;;;;;/h4,7-8,11-12,14-18,25H,3,5-6,9-10,13H2,1-2H3;5,8-9,13-18,25H,2-4,6-7,10-12H2,1H3;4,7-8,12-17,24H,2-3,5-6,9-11H2,1H3;2*3,6-7,10-14,16,22H,2,4-5,8-9H2,1H3;10*1H;;;;;/q;;;;;;;;;;;;;;;5*+2/p-10. The van der Waals surface area contributed by atoms with Crippen molar-refractivity contribution in [2.24, 2.45) is 30.9 Å². The maximum absolute atomic E-state index is 10.7. The Morgan fingerprint density at radius 2 is 0.481 bits per heavy atom. The van der Waals surface area contributed by atoms with Crippen molar-refractivity contribution in [2.45, 2.75) is 270 Å². The molecule has 0 spiro atoms.